The standard InChI is InChI=1S/C12H14S/c1-3-12(9-10(12)2)13-11-7-5-4-6-8-11/h3-8,10H,1,9H2,2H3. The highest BCUT2D eigenvalue weighted by Gasteiger charge is 2.49. The van der Waals surface area contributed by atoms with Gasteiger partial charge in [-0.15, -0.1) is 18.3 Å². The summed E-state index contributed by atoms with van der Waals surface area (Å²) in [5.41, 5.74) is 0. The quantitative estimate of drug-likeness (QED) is 0.654. The molecule has 0 aromatic heterocycles. The Kier molecular flexibility index (Phi) is 2.20. The number of hydrogen-bond donors (Lipinski definition) is 0. The van der Waals surface area contributed by atoms with Crippen molar-refractivity contribution in [2.24, 2.45) is 5.92 Å². The van der Waals surface area contributed by atoms with Crippen LogP contribution in [0.3, 0.4) is 0 Å². The van der Waals surface area contributed by atoms with Crippen LogP contribution in [-0.4, -0.2) is 4.75 Å². The first-order valence-electron chi connectivity index (χ1n) is 4.64. The first-order valence-corrected chi connectivity index (χ1v) is 5.46. The smallest absolute Gasteiger partial charge is 0.0412 e. The van der Waals surface area contributed by atoms with E-state index in [9.17, 15) is 0 Å². The fourth-order valence-electron chi connectivity index (χ4n) is 1.60. The normalized spacial score (nSPS) is 31.3. The molecular formula is C12H14S. The lowest BCUT2D eigenvalue weighted by molar-refractivity contribution is 0.931. The summed E-state index contributed by atoms with van der Waals surface area (Å²) in [6.07, 6.45) is 3.38. The molecule has 0 aliphatic heterocycles. The summed E-state index contributed by atoms with van der Waals surface area (Å²) < 4.78 is 0.335. The second-order valence-corrected chi connectivity index (χ2v) is 5.11. The maximum Gasteiger partial charge on any atom is 0.0412 e. The highest BCUT2D eigenvalue weighted by atomic mass is 32.2. The summed E-state index contributed by atoms with van der Waals surface area (Å²) in [6.45, 7) is 6.21. The van der Waals surface area contributed by atoms with Crippen molar-refractivity contribution in [3.63, 3.8) is 0 Å². The molecule has 1 saturated carbocycles. The monoisotopic (exact) mass is 190 g/mol. The van der Waals surface area contributed by atoms with Crippen molar-refractivity contribution < 1.29 is 0 Å². The molecule has 1 fully saturated rings. The van der Waals surface area contributed by atoms with E-state index in [1.165, 1.54) is 11.3 Å². The largest absolute Gasteiger partial charge is 0.115 e. The van der Waals surface area contributed by atoms with Crippen LogP contribution in [0, 0.1) is 5.92 Å². The lowest BCUT2D eigenvalue weighted by Crippen LogP contribution is -1.99. The summed E-state index contributed by atoms with van der Waals surface area (Å²) in [7, 11) is 0. The second kappa shape index (κ2) is 3.22. The predicted octanol–water partition coefficient (Wildman–Crippen LogP) is 3.74. The Labute approximate surface area is 84.0 Å². The lowest BCUT2D eigenvalue weighted by Gasteiger charge is -2.09. The van der Waals surface area contributed by atoms with E-state index in [4.69, 9.17) is 0 Å². The number of benzene rings is 1. The fraction of sp³-hybridized carbons (Fsp3) is 0.333. The summed E-state index contributed by atoms with van der Waals surface area (Å²) >= 11 is 1.95. The molecule has 0 amide bonds. The van der Waals surface area contributed by atoms with Crippen LogP contribution in [0.2, 0.25) is 0 Å². The van der Waals surface area contributed by atoms with E-state index in [2.05, 4.69) is 49.9 Å². The van der Waals surface area contributed by atoms with Gasteiger partial charge in [0.15, 0.2) is 0 Å². The minimum Gasteiger partial charge on any atom is -0.115 e. The van der Waals surface area contributed by atoms with Gasteiger partial charge in [0.25, 0.3) is 0 Å². The van der Waals surface area contributed by atoms with Gasteiger partial charge in [-0.1, -0.05) is 31.2 Å². The number of hydrogen-bond acceptors (Lipinski definition) is 1. The van der Waals surface area contributed by atoms with Gasteiger partial charge in [0.05, 0.1) is 0 Å². The maximum atomic E-state index is 3.92. The molecule has 1 aromatic rings. The molecular weight excluding hydrogens is 176 g/mol. The molecule has 0 nitrogen and oxygen atoms in total. The lowest BCUT2D eigenvalue weighted by atomic mass is 10.3. The van der Waals surface area contributed by atoms with Crippen molar-refractivity contribution in [2.75, 3.05) is 0 Å². The number of rotatable bonds is 3. The van der Waals surface area contributed by atoms with E-state index in [1.54, 1.807) is 0 Å². The third-order valence-electron chi connectivity index (χ3n) is 2.70. The Bertz CT molecular complexity index is 304. The molecule has 1 heteroatoms. The highest BCUT2D eigenvalue weighted by Crippen LogP contribution is 2.57. The molecule has 1 aliphatic carbocycles. The fourth-order valence-corrected chi connectivity index (χ4v) is 2.95. The van der Waals surface area contributed by atoms with Crippen molar-refractivity contribution in [2.45, 2.75) is 23.0 Å². The highest BCUT2D eigenvalue weighted by molar-refractivity contribution is 8.01. The molecule has 2 unspecified atom stereocenters. The van der Waals surface area contributed by atoms with Crippen molar-refractivity contribution in [3.05, 3.63) is 43.0 Å². The van der Waals surface area contributed by atoms with Crippen LogP contribution in [0.5, 0.6) is 0 Å². The van der Waals surface area contributed by atoms with Crippen LogP contribution < -0.4 is 0 Å². The molecule has 2 atom stereocenters. The summed E-state index contributed by atoms with van der Waals surface area (Å²) in [6, 6.07) is 10.6. The molecule has 1 aromatic carbocycles. The SMILES string of the molecule is C=CC1(Sc2ccccc2)CC1C. The molecule has 0 bridgehead atoms. The first-order chi connectivity index (χ1) is 6.27. The minimum atomic E-state index is 0.335. The average Bonchev–Trinajstić information content (AvgIpc) is 2.79. The Morgan fingerprint density at radius 1 is 1.46 bits per heavy atom. The van der Waals surface area contributed by atoms with Crippen molar-refractivity contribution >= 4 is 11.8 Å². The van der Waals surface area contributed by atoms with E-state index in [-0.39, 0.29) is 0 Å². The van der Waals surface area contributed by atoms with Crippen LogP contribution in [0.1, 0.15) is 13.3 Å². The Morgan fingerprint density at radius 3 is 2.54 bits per heavy atom. The topological polar surface area (TPSA) is 0 Å². The summed E-state index contributed by atoms with van der Waals surface area (Å²) in [5.74, 6) is 0.787. The van der Waals surface area contributed by atoms with Crippen LogP contribution in [0.4, 0.5) is 0 Å². The molecule has 13 heavy (non-hydrogen) atoms. The molecule has 68 valence electrons. The van der Waals surface area contributed by atoms with E-state index < -0.39 is 0 Å². The van der Waals surface area contributed by atoms with Crippen LogP contribution in [-0.2, 0) is 0 Å². The molecule has 2 rings (SSSR count). The van der Waals surface area contributed by atoms with Crippen LogP contribution >= 0.6 is 11.8 Å². The molecule has 1 aliphatic rings. The zero-order valence-electron chi connectivity index (χ0n) is 7.86. The van der Waals surface area contributed by atoms with E-state index in [0.29, 0.717) is 4.75 Å². The van der Waals surface area contributed by atoms with Gasteiger partial charge in [0, 0.05) is 9.64 Å². The van der Waals surface area contributed by atoms with Crippen molar-refractivity contribution in [1.82, 2.24) is 0 Å². The van der Waals surface area contributed by atoms with E-state index >= 15 is 0 Å². The third-order valence-corrected chi connectivity index (χ3v) is 4.32. The van der Waals surface area contributed by atoms with E-state index in [0.717, 1.165) is 5.92 Å². The van der Waals surface area contributed by atoms with Gasteiger partial charge in [-0.25, -0.2) is 0 Å². The Morgan fingerprint density at radius 2 is 2.08 bits per heavy atom. The first kappa shape index (κ1) is 8.89. The van der Waals surface area contributed by atoms with Gasteiger partial charge < -0.3 is 0 Å². The molecule has 0 spiro atoms. The number of thioether (sulfide) groups is 1. The Hall–Kier alpha value is -0.690. The van der Waals surface area contributed by atoms with Gasteiger partial charge in [-0.05, 0) is 24.5 Å². The zero-order valence-corrected chi connectivity index (χ0v) is 8.68. The molecule has 0 heterocycles. The second-order valence-electron chi connectivity index (χ2n) is 3.68. The Balaban J connectivity index is 2.11. The van der Waals surface area contributed by atoms with Gasteiger partial charge in [0.1, 0.15) is 0 Å². The van der Waals surface area contributed by atoms with E-state index in [1.807, 2.05) is 11.8 Å². The predicted molar refractivity (Wildman–Crippen MR) is 59.0 cm³/mol. The minimum absolute atomic E-state index is 0.335. The van der Waals surface area contributed by atoms with Crippen LogP contribution in [0.15, 0.2) is 47.9 Å². The molecule has 0 radical (unpaired) electrons. The van der Waals surface area contributed by atoms with Gasteiger partial charge >= 0.3 is 0 Å². The van der Waals surface area contributed by atoms with Gasteiger partial charge in [-0.2, -0.15) is 0 Å². The maximum absolute atomic E-state index is 3.92. The third kappa shape index (κ3) is 1.66. The summed E-state index contributed by atoms with van der Waals surface area (Å²) in [5, 5.41) is 0. The molecule has 0 saturated heterocycles. The molecule has 0 N–H and O–H groups in total. The summed E-state index contributed by atoms with van der Waals surface area (Å²) in [4.78, 5) is 1.35. The van der Waals surface area contributed by atoms with Crippen molar-refractivity contribution in [3.8, 4) is 0 Å². The zero-order chi connectivity index (χ0) is 9.31. The van der Waals surface area contributed by atoms with Crippen molar-refractivity contribution in [1.29, 1.82) is 0 Å². The van der Waals surface area contributed by atoms with Gasteiger partial charge in [0.2, 0.25) is 0 Å². The average molecular weight is 190 g/mol. The van der Waals surface area contributed by atoms with Crippen LogP contribution in [0.25, 0.3) is 0 Å². The van der Waals surface area contributed by atoms with Gasteiger partial charge in [-0.3, -0.25) is 0 Å².